The summed E-state index contributed by atoms with van der Waals surface area (Å²) in [5, 5.41) is 3.07. The van der Waals surface area contributed by atoms with Crippen molar-refractivity contribution in [2.24, 2.45) is 0 Å². The smallest absolute Gasteiger partial charge is 0.244 e. The molecule has 1 N–H and O–H groups in total. The zero-order chi connectivity index (χ0) is 15.9. The van der Waals surface area contributed by atoms with Gasteiger partial charge in [0.1, 0.15) is 4.90 Å². The van der Waals surface area contributed by atoms with E-state index in [-0.39, 0.29) is 0 Å². The fourth-order valence-electron chi connectivity index (χ4n) is 2.08. The van der Waals surface area contributed by atoms with Crippen LogP contribution in [0.2, 0.25) is 0 Å². The lowest BCUT2D eigenvalue weighted by Crippen LogP contribution is -2.30. The number of nitrogens with one attached hydrogen (secondary N) is 1. The molecule has 0 aliphatic carbocycles. The van der Waals surface area contributed by atoms with E-state index in [0.717, 1.165) is 18.7 Å². The molecule has 0 unspecified atom stereocenters. The summed E-state index contributed by atoms with van der Waals surface area (Å²) in [5.41, 5.74) is 0.983. The van der Waals surface area contributed by atoms with Gasteiger partial charge in [-0.25, -0.2) is 8.42 Å². The van der Waals surface area contributed by atoms with Crippen molar-refractivity contribution < 1.29 is 13.2 Å². The molecular formula is C14H27N3O3S. The lowest BCUT2D eigenvalue weighted by atomic mass is 10.4. The van der Waals surface area contributed by atoms with Crippen molar-refractivity contribution in [2.75, 3.05) is 33.9 Å². The van der Waals surface area contributed by atoms with Crippen LogP contribution in [0.1, 0.15) is 26.0 Å². The van der Waals surface area contributed by atoms with Crippen LogP contribution in [0.15, 0.2) is 17.2 Å². The summed E-state index contributed by atoms with van der Waals surface area (Å²) in [6.45, 7) is 6.79. The van der Waals surface area contributed by atoms with Gasteiger partial charge in [-0.15, -0.1) is 0 Å². The molecule has 0 spiro atoms. The lowest BCUT2D eigenvalue weighted by molar-refractivity contribution is 0.138. The standard InChI is InChI=1S/C14H27N3O3S/c1-5-7-17-12-14(10-13(17)11-15-3)21(18,19)16(4)8-9-20-6-2/h10,12,15H,5-9,11H2,1-4H3. The van der Waals surface area contributed by atoms with Crippen molar-refractivity contribution in [1.29, 1.82) is 0 Å². The zero-order valence-corrected chi connectivity index (χ0v) is 14.2. The van der Waals surface area contributed by atoms with E-state index < -0.39 is 10.0 Å². The van der Waals surface area contributed by atoms with Gasteiger partial charge < -0.3 is 14.6 Å². The molecule has 6 nitrogen and oxygen atoms in total. The third-order valence-electron chi connectivity index (χ3n) is 3.25. The van der Waals surface area contributed by atoms with Crippen molar-refractivity contribution >= 4 is 10.0 Å². The molecular weight excluding hydrogens is 290 g/mol. The number of nitrogens with zero attached hydrogens (tertiary/aromatic N) is 2. The van der Waals surface area contributed by atoms with Crippen molar-refractivity contribution in [2.45, 2.75) is 38.3 Å². The van der Waals surface area contributed by atoms with E-state index in [1.807, 2.05) is 18.5 Å². The van der Waals surface area contributed by atoms with Gasteiger partial charge in [-0.3, -0.25) is 0 Å². The van der Waals surface area contributed by atoms with E-state index in [4.69, 9.17) is 4.74 Å². The molecule has 0 saturated carbocycles. The molecule has 1 aromatic rings. The van der Waals surface area contributed by atoms with E-state index in [2.05, 4.69) is 12.2 Å². The Kier molecular flexibility index (Phi) is 7.37. The quantitative estimate of drug-likeness (QED) is 0.660. The first-order chi connectivity index (χ1) is 9.97. The molecule has 1 aromatic heterocycles. The molecule has 1 rings (SSSR count). The van der Waals surface area contributed by atoms with Crippen LogP contribution in [0.3, 0.4) is 0 Å². The van der Waals surface area contributed by atoms with Crippen molar-refractivity contribution in [3.63, 3.8) is 0 Å². The van der Waals surface area contributed by atoms with Gasteiger partial charge in [-0.05, 0) is 26.5 Å². The maximum Gasteiger partial charge on any atom is 0.244 e. The molecule has 0 fully saturated rings. The summed E-state index contributed by atoms with van der Waals surface area (Å²) in [4.78, 5) is 0.347. The summed E-state index contributed by atoms with van der Waals surface area (Å²) in [6.07, 6.45) is 2.69. The third-order valence-corrected chi connectivity index (χ3v) is 5.07. The highest BCUT2D eigenvalue weighted by molar-refractivity contribution is 7.89. The Hall–Kier alpha value is -0.890. The predicted molar refractivity (Wildman–Crippen MR) is 83.8 cm³/mol. The number of aromatic nitrogens is 1. The van der Waals surface area contributed by atoms with Crippen LogP contribution in [-0.4, -0.2) is 51.1 Å². The average Bonchev–Trinajstić information content (AvgIpc) is 2.84. The molecule has 21 heavy (non-hydrogen) atoms. The number of hydrogen-bond donors (Lipinski definition) is 1. The van der Waals surface area contributed by atoms with E-state index in [1.54, 1.807) is 19.3 Å². The minimum absolute atomic E-state index is 0.347. The fourth-order valence-corrected chi connectivity index (χ4v) is 3.30. The number of likely N-dealkylation sites (N-methyl/N-ethyl adjacent to an activating group) is 1. The summed E-state index contributed by atoms with van der Waals surface area (Å²) in [6, 6.07) is 1.75. The van der Waals surface area contributed by atoms with Crippen LogP contribution in [0.25, 0.3) is 0 Å². The molecule has 0 bridgehead atoms. The minimum atomic E-state index is -3.45. The van der Waals surface area contributed by atoms with Crippen molar-refractivity contribution in [3.05, 3.63) is 18.0 Å². The van der Waals surface area contributed by atoms with Gasteiger partial charge >= 0.3 is 0 Å². The molecule has 0 aromatic carbocycles. The van der Waals surface area contributed by atoms with Gasteiger partial charge in [-0.1, -0.05) is 6.92 Å². The fraction of sp³-hybridized carbons (Fsp3) is 0.714. The Bertz CT molecular complexity index is 502. The van der Waals surface area contributed by atoms with Gasteiger partial charge in [0.15, 0.2) is 0 Å². The monoisotopic (exact) mass is 317 g/mol. The molecule has 0 radical (unpaired) electrons. The third kappa shape index (κ3) is 4.81. The van der Waals surface area contributed by atoms with Crippen LogP contribution in [0.5, 0.6) is 0 Å². The highest BCUT2D eigenvalue weighted by Gasteiger charge is 2.23. The first kappa shape index (κ1) is 18.2. The molecule has 122 valence electrons. The maximum atomic E-state index is 12.5. The molecule has 0 atom stereocenters. The second-order valence-electron chi connectivity index (χ2n) is 4.91. The molecule has 1 heterocycles. The Morgan fingerprint density at radius 1 is 1.38 bits per heavy atom. The van der Waals surface area contributed by atoms with E-state index in [9.17, 15) is 8.42 Å². The maximum absolute atomic E-state index is 12.5. The number of ether oxygens (including phenoxy) is 1. The zero-order valence-electron chi connectivity index (χ0n) is 13.4. The lowest BCUT2D eigenvalue weighted by Gasteiger charge is -2.15. The SMILES string of the molecule is CCCn1cc(S(=O)(=O)N(C)CCOCC)cc1CNC. The average molecular weight is 317 g/mol. The highest BCUT2D eigenvalue weighted by atomic mass is 32.2. The topological polar surface area (TPSA) is 63.6 Å². The van der Waals surface area contributed by atoms with E-state index in [1.165, 1.54) is 4.31 Å². The normalized spacial score (nSPS) is 12.2. The highest BCUT2D eigenvalue weighted by Crippen LogP contribution is 2.18. The summed E-state index contributed by atoms with van der Waals surface area (Å²) < 4.78 is 33.6. The minimum Gasteiger partial charge on any atom is -0.380 e. The van der Waals surface area contributed by atoms with Crippen LogP contribution < -0.4 is 5.32 Å². The molecule has 0 aliphatic rings. The van der Waals surface area contributed by atoms with E-state index >= 15 is 0 Å². The summed E-state index contributed by atoms with van der Waals surface area (Å²) in [7, 11) is -0.0136. The Labute approximate surface area is 128 Å². The Morgan fingerprint density at radius 3 is 2.67 bits per heavy atom. The van der Waals surface area contributed by atoms with Crippen LogP contribution >= 0.6 is 0 Å². The summed E-state index contributed by atoms with van der Waals surface area (Å²) >= 11 is 0. The number of sulfonamides is 1. The largest absolute Gasteiger partial charge is 0.380 e. The van der Waals surface area contributed by atoms with Gasteiger partial charge in [0.2, 0.25) is 10.0 Å². The Morgan fingerprint density at radius 2 is 2.10 bits per heavy atom. The number of hydrogen-bond acceptors (Lipinski definition) is 4. The van der Waals surface area contributed by atoms with Crippen LogP contribution in [0, 0.1) is 0 Å². The van der Waals surface area contributed by atoms with Crippen molar-refractivity contribution in [1.82, 2.24) is 14.2 Å². The Balaban J connectivity index is 2.93. The molecule has 0 saturated heterocycles. The first-order valence-electron chi connectivity index (χ1n) is 7.35. The van der Waals surface area contributed by atoms with E-state index in [0.29, 0.717) is 31.2 Å². The second-order valence-corrected chi connectivity index (χ2v) is 6.96. The molecule has 0 amide bonds. The van der Waals surface area contributed by atoms with Gasteiger partial charge in [0, 0.05) is 45.2 Å². The first-order valence-corrected chi connectivity index (χ1v) is 8.79. The van der Waals surface area contributed by atoms with Crippen LogP contribution in [-0.2, 0) is 27.8 Å². The predicted octanol–water partition coefficient (Wildman–Crippen LogP) is 1.27. The van der Waals surface area contributed by atoms with Crippen molar-refractivity contribution in [3.8, 4) is 0 Å². The van der Waals surface area contributed by atoms with Crippen LogP contribution in [0.4, 0.5) is 0 Å². The number of aryl methyl sites for hydroxylation is 1. The van der Waals surface area contributed by atoms with Gasteiger partial charge in [-0.2, -0.15) is 4.31 Å². The second kappa shape index (κ2) is 8.53. The van der Waals surface area contributed by atoms with Gasteiger partial charge in [0.25, 0.3) is 0 Å². The molecule has 7 heteroatoms. The van der Waals surface area contributed by atoms with Gasteiger partial charge in [0.05, 0.1) is 6.61 Å². The summed E-state index contributed by atoms with van der Waals surface area (Å²) in [5.74, 6) is 0. The number of rotatable bonds is 10. The molecule has 0 aliphatic heterocycles.